The maximum atomic E-state index is 11.3. The first kappa shape index (κ1) is 12.2. The smallest absolute Gasteiger partial charge is 0.133 e. The Kier molecular flexibility index (Phi) is 3.89. The summed E-state index contributed by atoms with van der Waals surface area (Å²) in [6.45, 7) is 6.76. The molecule has 0 saturated carbocycles. The normalized spacial score (nSPS) is 18.2. The molecule has 1 saturated heterocycles. The van der Waals surface area contributed by atoms with Crippen molar-refractivity contribution in [1.82, 2.24) is 9.88 Å². The van der Waals surface area contributed by atoms with E-state index in [0.717, 1.165) is 38.2 Å². The molecule has 3 nitrogen and oxygen atoms in total. The van der Waals surface area contributed by atoms with E-state index in [2.05, 4.69) is 22.9 Å². The van der Waals surface area contributed by atoms with Gasteiger partial charge in [0.25, 0.3) is 0 Å². The van der Waals surface area contributed by atoms with E-state index in [1.54, 1.807) is 6.92 Å². The zero-order chi connectivity index (χ0) is 12.3. The second-order valence-corrected chi connectivity index (χ2v) is 4.93. The molecule has 1 aliphatic rings. The average Bonchev–Trinajstić information content (AvgIpc) is 2.33. The van der Waals surface area contributed by atoms with Crippen LogP contribution in [0.3, 0.4) is 0 Å². The van der Waals surface area contributed by atoms with Crippen LogP contribution in [0.1, 0.15) is 31.0 Å². The fourth-order valence-corrected chi connectivity index (χ4v) is 2.39. The SMILES string of the molecule is CC(=O)C1CCN(Cc2ncccc2C)CC1. The number of Topliss-reactive ketones (excluding diaryl/α,β-unsaturated/α-hetero) is 1. The van der Waals surface area contributed by atoms with E-state index < -0.39 is 0 Å². The van der Waals surface area contributed by atoms with Crippen molar-refractivity contribution in [3.63, 3.8) is 0 Å². The Morgan fingerprint density at radius 1 is 1.47 bits per heavy atom. The molecule has 0 unspecified atom stereocenters. The van der Waals surface area contributed by atoms with Gasteiger partial charge in [0.1, 0.15) is 5.78 Å². The van der Waals surface area contributed by atoms with Crippen LogP contribution >= 0.6 is 0 Å². The monoisotopic (exact) mass is 232 g/mol. The molecule has 92 valence electrons. The van der Waals surface area contributed by atoms with Gasteiger partial charge in [-0.1, -0.05) is 6.07 Å². The van der Waals surface area contributed by atoms with E-state index in [1.165, 1.54) is 5.56 Å². The van der Waals surface area contributed by atoms with Crippen LogP contribution in [0.25, 0.3) is 0 Å². The van der Waals surface area contributed by atoms with Crippen molar-refractivity contribution in [2.45, 2.75) is 33.2 Å². The number of pyridine rings is 1. The summed E-state index contributed by atoms with van der Waals surface area (Å²) in [4.78, 5) is 18.1. The molecule has 0 spiro atoms. The van der Waals surface area contributed by atoms with Gasteiger partial charge in [-0.15, -0.1) is 0 Å². The van der Waals surface area contributed by atoms with Gasteiger partial charge in [0.2, 0.25) is 0 Å². The maximum Gasteiger partial charge on any atom is 0.133 e. The van der Waals surface area contributed by atoms with Gasteiger partial charge in [0.05, 0.1) is 5.69 Å². The first-order valence-corrected chi connectivity index (χ1v) is 6.30. The van der Waals surface area contributed by atoms with Crippen molar-refractivity contribution in [2.75, 3.05) is 13.1 Å². The third kappa shape index (κ3) is 3.13. The predicted molar refractivity (Wildman–Crippen MR) is 67.7 cm³/mol. The minimum Gasteiger partial charge on any atom is -0.300 e. The van der Waals surface area contributed by atoms with Crippen LogP contribution in [0.5, 0.6) is 0 Å². The number of hydrogen-bond donors (Lipinski definition) is 0. The van der Waals surface area contributed by atoms with Crippen molar-refractivity contribution < 1.29 is 4.79 Å². The van der Waals surface area contributed by atoms with Gasteiger partial charge in [-0.25, -0.2) is 0 Å². The summed E-state index contributed by atoms with van der Waals surface area (Å²) in [7, 11) is 0. The number of likely N-dealkylation sites (tertiary alicyclic amines) is 1. The molecule has 0 amide bonds. The highest BCUT2D eigenvalue weighted by Gasteiger charge is 2.22. The van der Waals surface area contributed by atoms with Crippen LogP contribution in [-0.4, -0.2) is 28.8 Å². The molecule has 0 radical (unpaired) electrons. The maximum absolute atomic E-state index is 11.3. The average molecular weight is 232 g/mol. The second kappa shape index (κ2) is 5.41. The molecule has 0 bridgehead atoms. The fourth-order valence-electron chi connectivity index (χ4n) is 2.39. The molecule has 2 rings (SSSR count). The Morgan fingerprint density at radius 2 is 2.18 bits per heavy atom. The molecule has 0 N–H and O–H groups in total. The lowest BCUT2D eigenvalue weighted by molar-refractivity contribution is -0.122. The van der Waals surface area contributed by atoms with Crippen molar-refractivity contribution in [3.05, 3.63) is 29.6 Å². The number of carbonyl (C=O) groups excluding carboxylic acids is 1. The van der Waals surface area contributed by atoms with E-state index >= 15 is 0 Å². The Bertz CT molecular complexity index is 395. The zero-order valence-electron chi connectivity index (χ0n) is 10.6. The minimum absolute atomic E-state index is 0.288. The summed E-state index contributed by atoms with van der Waals surface area (Å²) in [5.74, 6) is 0.634. The highest BCUT2D eigenvalue weighted by molar-refractivity contribution is 5.78. The number of hydrogen-bond acceptors (Lipinski definition) is 3. The molecular weight excluding hydrogens is 212 g/mol. The van der Waals surface area contributed by atoms with Gasteiger partial charge < -0.3 is 0 Å². The number of aryl methyl sites for hydroxylation is 1. The van der Waals surface area contributed by atoms with Crippen LogP contribution in [0, 0.1) is 12.8 Å². The van der Waals surface area contributed by atoms with Crippen LogP contribution in [0.4, 0.5) is 0 Å². The van der Waals surface area contributed by atoms with Gasteiger partial charge in [-0.05, 0) is 51.4 Å². The molecular formula is C14H20N2O. The second-order valence-electron chi connectivity index (χ2n) is 4.93. The van der Waals surface area contributed by atoms with E-state index in [4.69, 9.17) is 0 Å². The van der Waals surface area contributed by atoms with E-state index in [0.29, 0.717) is 5.78 Å². The summed E-state index contributed by atoms with van der Waals surface area (Å²) < 4.78 is 0. The summed E-state index contributed by atoms with van der Waals surface area (Å²) in [5.41, 5.74) is 2.41. The Labute approximate surface area is 103 Å². The quantitative estimate of drug-likeness (QED) is 0.801. The molecule has 3 heteroatoms. The van der Waals surface area contributed by atoms with Crippen molar-refractivity contribution in [3.8, 4) is 0 Å². The third-order valence-electron chi connectivity index (χ3n) is 3.65. The number of ketones is 1. The molecule has 0 aromatic carbocycles. The summed E-state index contributed by atoms with van der Waals surface area (Å²) in [6.07, 6.45) is 3.85. The first-order chi connectivity index (χ1) is 8.16. The molecule has 1 fully saturated rings. The van der Waals surface area contributed by atoms with Crippen LogP contribution in [-0.2, 0) is 11.3 Å². The summed E-state index contributed by atoms with van der Waals surface area (Å²) in [5, 5.41) is 0. The topological polar surface area (TPSA) is 33.2 Å². The standard InChI is InChI=1S/C14H20N2O/c1-11-4-3-7-15-14(11)10-16-8-5-13(6-9-16)12(2)17/h3-4,7,13H,5-6,8-10H2,1-2H3. The Hall–Kier alpha value is -1.22. The van der Waals surface area contributed by atoms with Crippen LogP contribution in [0.15, 0.2) is 18.3 Å². The number of carbonyl (C=O) groups is 1. The lowest BCUT2D eigenvalue weighted by Gasteiger charge is -2.30. The lowest BCUT2D eigenvalue weighted by Crippen LogP contribution is -2.35. The molecule has 1 aromatic heterocycles. The van der Waals surface area contributed by atoms with E-state index in [-0.39, 0.29) is 5.92 Å². The van der Waals surface area contributed by atoms with Crippen molar-refractivity contribution >= 4 is 5.78 Å². The largest absolute Gasteiger partial charge is 0.300 e. The van der Waals surface area contributed by atoms with Gasteiger partial charge in [0.15, 0.2) is 0 Å². The predicted octanol–water partition coefficient (Wildman–Crippen LogP) is 2.19. The molecule has 17 heavy (non-hydrogen) atoms. The van der Waals surface area contributed by atoms with Gasteiger partial charge in [-0.3, -0.25) is 14.7 Å². The highest BCUT2D eigenvalue weighted by atomic mass is 16.1. The number of nitrogens with zero attached hydrogens (tertiary/aromatic N) is 2. The van der Waals surface area contributed by atoms with Crippen molar-refractivity contribution in [1.29, 1.82) is 0 Å². The minimum atomic E-state index is 0.288. The molecule has 0 atom stereocenters. The summed E-state index contributed by atoms with van der Waals surface area (Å²) >= 11 is 0. The zero-order valence-corrected chi connectivity index (χ0v) is 10.6. The van der Waals surface area contributed by atoms with E-state index in [1.807, 2.05) is 12.3 Å². The molecule has 1 aromatic rings. The highest BCUT2D eigenvalue weighted by Crippen LogP contribution is 2.19. The van der Waals surface area contributed by atoms with Gasteiger partial charge in [0, 0.05) is 18.7 Å². The Morgan fingerprint density at radius 3 is 2.76 bits per heavy atom. The third-order valence-corrected chi connectivity index (χ3v) is 3.65. The molecule has 2 heterocycles. The van der Waals surface area contributed by atoms with Gasteiger partial charge >= 0.3 is 0 Å². The number of rotatable bonds is 3. The Balaban J connectivity index is 1.90. The van der Waals surface area contributed by atoms with E-state index in [9.17, 15) is 4.79 Å². The van der Waals surface area contributed by atoms with Crippen LogP contribution in [0.2, 0.25) is 0 Å². The van der Waals surface area contributed by atoms with Crippen molar-refractivity contribution in [2.24, 2.45) is 5.92 Å². The molecule has 1 aliphatic heterocycles. The van der Waals surface area contributed by atoms with Crippen LogP contribution < -0.4 is 0 Å². The lowest BCUT2D eigenvalue weighted by atomic mass is 9.93. The van der Waals surface area contributed by atoms with Gasteiger partial charge in [-0.2, -0.15) is 0 Å². The first-order valence-electron chi connectivity index (χ1n) is 6.30. The molecule has 0 aliphatic carbocycles. The number of piperidine rings is 1. The fraction of sp³-hybridized carbons (Fsp3) is 0.571. The summed E-state index contributed by atoms with van der Waals surface area (Å²) in [6, 6.07) is 4.07. The number of aromatic nitrogens is 1.